The second kappa shape index (κ2) is 7.53. The van der Waals surface area contributed by atoms with E-state index in [-0.39, 0.29) is 5.41 Å². The van der Waals surface area contributed by atoms with Crippen molar-refractivity contribution in [1.82, 2.24) is 5.32 Å². The van der Waals surface area contributed by atoms with Crippen LogP contribution in [0.1, 0.15) is 39.0 Å². The highest BCUT2D eigenvalue weighted by Gasteiger charge is 2.30. The third kappa shape index (κ3) is 4.75. The number of hydrogen-bond donors (Lipinski definition) is 2. The van der Waals surface area contributed by atoms with E-state index in [1.165, 1.54) is 43.6 Å². The molecule has 0 bridgehead atoms. The van der Waals surface area contributed by atoms with Crippen molar-refractivity contribution in [2.24, 2.45) is 5.41 Å². The van der Waals surface area contributed by atoms with Gasteiger partial charge in [-0.15, -0.1) is 0 Å². The largest absolute Gasteiger partial charge is 0.396 e. The molecular formula is C12H25NOS. The number of aliphatic hydroxyl groups excluding tert-OH is 1. The SMILES string of the molecule is CCSCCNCC1(CO)CCCCC1. The average molecular weight is 231 g/mol. The van der Waals surface area contributed by atoms with Crippen LogP contribution in [0.3, 0.4) is 0 Å². The number of aliphatic hydroxyl groups is 1. The molecule has 2 N–H and O–H groups in total. The van der Waals surface area contributed by atoms with Gasteiger partial charge in [0, 0.05) is 30.9 Å². The standard InChI is InChI=1S/C12H25NOS/c1-2-15-9-8-13-10-12(11-14)6-4-3-5-7-12/h13-14H,2-11H2,1H3. The number of nitrogens with one attached hydrogen (secondary N) is 1. The molecule has 1 fully saturated rings. The quantitative estimate of drug-likeness (QED) is 0.659. The van der Waals surface area contributed by atoms with Gasteiger partial charge in [-0.3, -0.25) is 0 Å². The molecule has 3 heteroatoms. The van der Waals surface area contributed by atoms with Gasteiger partial charge in [-0.05, 0) is 18.6 Å². The van der Waals surface area contributed by atoms with Crippen LogP contribution in [0, 0.1) is 5.41 Å². The van der Waals surface area contributed by atoms with Crippen LogP contribution in [-0.2, 0) is 0 Å². The number of rotatable bonds is 7. The molecule has 0 saturated heterocycles. The minimum absolute atomic E-state index is 0.204. The lowest BCUT2D eigenvalue weighted by molar-refractivity contribution is 0.0820. The molecule has 2 nitrogen and oxygen atoms in total. The summed E-state index contributed by atoms with van der Waals surface area (Å²) in [6, 6.07) is 0. The van der Waals surface area contributed by atoms with Crippen LogP contribution >= 0.6 is 11.8 Å². The molecule has 0 amide bonds. The van der Waals surface area contributed by atoms with Crippen molar-refractivity contribution >= 4 is 11.8 Å². The highest BCUT2D eigenvalue weighted by atomic mass is 32.2. The van der Waals surface area contributed by atoms with Crippen molar-refractivity contribution in [2.45, 2.75) is 39.0 Å². The molecule has 0 radical (unpaired) electrons. The number of hydrogen-bond acceptors (Lipinski definition) is 3. The molecule has 0 aromatic carbocycles. The van der Waals surface area contributed by atoms with Gasteiger partial charge in [0.2, 0.25) is 0 Å². The summed E-state index contributed by atoms with van der Waals surface area (Å²) in [4.78, 5) is 0. The second-order valence-electron chi connectivity index (χ2n) is 4.59. The molecule has 15 heavy (non-hydrogen) atoms. The van der Waals surface area contributed by atoms with E-state index in [4.69, 9.17) is 0 Å². The Kier molecular flexibility index (Phi) is 6.69. The van der Waals surface area contributed by atoms with Gasteiger partial charge in [0.15, 0.2) is 0 Å². The van der Waals surface area contributed by atoms with E-state index in [1.807, 2.05) is 11.8 Å². The molecule has 1 rings (SSSR count). The van der Waals surface area contributed by atoms with Gasteiger partial charge < -0.3 is 10.4 Å². The zero-order valence-electron chi connectivity index (χ0n) is 9.93. The Morgan fingerprint density at radius 2 is 2.00 bits per heavy atom. The minimum atomic E-state index is 0.204. The fourth-order valence-corrected chi connectivity index (χ4v) is 2.91. The summed E-state index contributed by atoms with van der Waals surface area (Å²) in [5.74, 6) is 2.39. The van der Waals surface area contributed by atoms with Crippen LogP contribution in [0.5, 0.6) is 0 Å². The molecule has 1 aliphatic rings. The average Bonchev–Trinajstić information content (AvgIpc) is 2.30. The third-order valence-electron chi connectivity index (χ3n) is 3.38. The zero-order valence-corrected chi connectivity index (χ0v) is 10.7. The molecule has 0 aromatic heterocycles. The van der Waals surface area contributed by atoms with E-state index in [9.17, 15) is 5.11 Å². The third-order valence-corrected chi connectivity index (χ3v) is 4.28. The Labute approximate surface area is 98.2 Å². The fourth-order valence-electron chi connectivity index (χ4n) is 2.33. The first kappa shape index (κ1) is 13.3. The fraction of sp³-hybridized carbons (Fsp3) is 1.00. The highest BCUT2D eigenvalue weighted by molar-refractivity contribution is 7.99. The second-order valence-corrected chi connectivity index (χ2v) is 5.99. The van der Waals surface area contributed by atoms with E-state index in [0.717, 1.165) is 13.1 Å². The molecule has 0 heterocycles. The van der Waals surface area contributed by atoms with Gasteiger partial charge in [0.1, 0.15) is 0 Å². The van der Waals surface area contributed by atoms with Gasteiger partial charge >= 0.3 is 0 Å². The van der Waals surface area contributed by atoms with Crippen molar-refractivity contribution < 1.29 is 5.11 Å². The molecule has 1 aliphatic carbocycles. The Morgan fingerprint density at radius 3 is 2.60 bits per heavy atom. The van der Waals surface area contributed by atoms with Gasteiger partial charge in [-0.25, -0.2) is 0 Å². The maximum absolute atomic E-state index is 9.50. The Balaban J connectivity index is 2.15. The summed E-state index contributed by atoms with van der Waals surface area (Å²) in [5.41, 5.74) is 0.204. The molecule has 0 aliphatic heterocycles. The molecule has 0 spiro atoms. The Hall–Kier alpha value is 0.270. The van der Waals surface area contributed by atoms with Crippen LogP contribution in [0.2, 0.25) is 0 Å². The van der Waals surface area contributed by atoms with Crippen LogP contribution in [0.4, 0.5) is 0 Å². The maximum Gasteiger partial charge on any atom is 0.0499 e. The first-order chi connectivity index (χ1) is 7.33. The molecule has 1 saturated carbocycles. The van der Waals surface area contributed by atoms with E-state index in [1.54, 1.807) is 0 Å². The van der Waals surface area contributed by atoms with Gasteiger partial charge in [-0.2, -0.15) is 11.8 Å². The van der Waals surface area contributed by atoms with Crippen molar-refractivity contribution in [1.29, 1.82) is 0 Å². The van der Waals surface area contributed by atoms with E-state index < -0.39 is 0 Å². The summed E-state index contributed by atoms with van der Waals surface area (Å²) in [7, 11) is 0. The van der Waals surface area contributed by atoms with E-state index in [0.29, 0.717) is 6.61 Å². The molecule has 90 valence electrons. The van der Waals surface area contributed by atoms with Crippen molar-refractivity contribution in [3.8, 4) is 0 Å². The monoisotopic (exact) mass is 231 g/mol. The Morgan fingerprint density at radius 1 is 1.27 bits per heavy atom. The summed E-state index contributed by atoms with van der Waals surface area (Å²) < 4.78 is 0. The minimum Gasteiger partial charge on any atom is -0.396 e. The number of thioether (sulfide) groups is 1. The first-order valence-electron chi connectivity index (χ1n) is 6.22. The van der Waals surface area contributed by atoms with Crippen LogP contribution < -0.4 is 5.32 Å². The molecule has 0 aromatic rings. The van der Waals surface area contributed by atoms with Crippen molar-refractivity contribution in [3.05, 3.63) is 0 Å². The van der Waals surface area contributed by atoms with E-state index in [2.05, 4.69) is 12.2 Å². The summed E-state index contributed by atoms with van der Waals surface area (Å²) in [5, 5.41) is 13.0. The molecular weight excluding hydrogens is 206 g/mol. The normalized spacial score (nSPS) is 20.4. The van der Waals surface area contributed by atoms with Crippen LogP contribution in [0.15, 0.2) is 0 Å². The van der Waals surface area contributed by atoms with Crippen LogP contribution in [0.25, 0.3) is 0 Å². The predicted molar refractivity (Wildman–Crippen MR) is 68.5 cm³/mol. The lowest BCUT2D eigenvalue weighted by Gasteiger charge is -2.35. The first-order valence-corrected chi connectivity index (χ1v) is 7.38. The molecule has 0 atom stereocenters. The van der Waals surface area contributed by atoms with E-state index >= 15 is 0 Å². The van der Waals surface area contributed by atoms with Crippen LogP contribution in [-0.4, -0.2) is 36.3 Å². The summed E-state index contributed by atoms with van der Waals surface area (Å²) in [6.45, 7) is 4.65. The molecule has 0 unspecified atom stereocenters. The van der Waals surface area contributed by atoms with Crippen molar-refractivity contribution in [3.63, 3.8) is 0 Å². The smallest absolute Gasteiger partial charge is 0.0499 e. The summed E-state index contributed by atoms with van der Waals surface area (Å²) >= 11 is 1.98. The van der Waals surface area contributed by atoms with Gasteiger partial charge in [0.25, 0.3) is 0 Å². The topological polar surface area (TPSA) is 32.3 Å². The maximum atomic E-state index is 9.50. The zero-order chi connectivity index (χ0) is 11.0. The van der Waals surface area contributed by atoms with Gasteiger partial charge in [-0.1, -0.05) is 26.2 Å². The lowest BCUT2D eigenvalue weighted by atomic mass is 9.74. The lowest BCUT2D eigenvalue weighted by Crippen LogP contribution is -2.39. The van der Waals surface area contributed by atoms with Crippen molar-refractivity contribution in [2.75, 3.05) is 31.2 Å². The van der Waals surface area contributed by atoms with Gasteiger partial charge in [0.05, 0.1) is 0 Å². The predicted octanol–water partition coefficient (Wildman–Crippen LogP) is 2.27. The summed E-state index contributed by atoms with van der Waals surface area (Å²) in [6.07, 6.45) is 6.36. The highest BCUT2D eigenvalue weighted by Crippen LogP contribution is 2.35. The Bertz CT molecular complexity index is 158.